The zero-order valence-corrected chi connectivity index (χ0v) is 7.54. The first kappa shape index (κ1) is 9.58. The molecule has 0 fully saturated rings. The Balaban J connectivity index is 3.27. The van der Waals surface area contributed by atoms with Crippen molar-refractivity contribution in [3.8, 4) is 0 Å². The molecule has 68 valence electrons. The molecule has 0 saturated carbocycles. The Kier molecular flexibility index (Phi) is 2.90. The molecule has 3 heteroatoms. The lowest BCUT2D eigenvalue weighted by molar-refractivity contribution is 0.112. The fourth-order valence-electron chi connectivity index (χ4n) is 1.05. The van der Waals surface area contributed by atoms with Gasteiger partial charge in [-0.05, 0) is 31.5 Å². The smallest absolute Gasteiger partial charge is 0.150 e. The molecule has 0 saturated heterocycles. The quantitative estimate of drug-likeness (QED) is 0.507. The number of halogens is 1. The maximum absolute atomic E-state index is 13.1. The lowest BCUT2D eigenvalue weighted by atomic mass is 10.1. The Bertz CT molecular complexity index is 358. The molecular formula is C10H10FNO. The molecule has 0 N–H and O–H groups in total. The van der Waals surface area contributed by atoms with Gasteiger partial charge < -0.3 is 0 Å². The van der Waals surface area contributed by atoms with Gasteiger partial charge in [0.2, 0.25) is 0 Å². The summed E-state index contributed by atoms with van der Waals surface area (Å²) in [6.45, 7) is 3.46. The molecule has 0 amide bonds. The van der Waals surface area contributed by atoms with Gasteiger partial charge in [-0.2, -0.15) is 0 Å². The van der Waals surface area contributed by atoms with Crippen molar-refractivity contribution >= 4 is 18.2 Å². The van der Waals surface area contributed by atoms with E-state index >= 15 is 0 Å². The highest BCUT2D eigenvalue weighted by molar-refractivity contribution is 5.78. The van der Waals surface area contributed by atoms with Gasteiger partial charge in [-0.3, -0.25) is 9.79 Å². The highest BCUT2D eigenvalue weighted by atomic mass is 19.1. The summed E-state index contributed by atoms with van der Waals surface area (Å²) in [7, 11) is 0. The summed E-state index contributed by atoms with van der Waals surface area (Å²) in [6.07, 6.45) is 2.15. The minimum absolute atomic E-state index is 0.269. The lowest BCUT2D eigenvalue weighted by Gasteiger charge is -2.01. The molecule has 1 aromatic rings. The summed E-state index contributed by atoms with van der Waals surface area (Å²) in [4.78, 5) is 14.3. The Labute approximate surface area is 76.1 Å². The SMILES string of the molecule is C/C=N/c1cc(C)c(C=O)cc1F. The van der Waals surface area contributed by atoms with Crippen molar-refractivity contribution in [1.82, 2.24) is 0 Å². The van der Waals surface area contributed by atoms with Gasteiger partial charge in [-0.25, -0.2) is 4.39 Å². The number of benzene rings is 1. The zero-order valence-electron chi connectivity index (χ0n) is 7.54. The van der Waals surface area contributed by atoms with E-state index in [-0.39, 0.29) is 5.69 Å². The average Bonchev–Trinajstić information content (AvgIpc) is 2.11. The number of hydrogen-bond donors (Lipinski definition) is 0. The van der Waals surface area contributed by atoms with Crippen molar-refractivity contribution in [2.75, 3.05) is 0 Å². The number of rotatable bonds is 2. The molecule has 13 heavy (non-hydrogen) atoms. The molecule has 1 rings (SSSR count). The third kappa shape index (κ3) is 1.99. The van der Waals surface area contributed by atoms with Crippen LogP contribution in [0.1, 0.15) is 22.8 Å². The summed E-state index contributed by atoms with van der Waals surface area (Å²) >= 11 is 0. The van der Waals surface area contributed by atoms with Gasteiger partial charge >= 0.3 is 0 Å². The average molecular weight is 179 g/mol. The van der Waals surface area contributed by atoms with Crippen LogP contribution in [0.5, 0.6) is 0 Å². The minimum Gasteiger partial charge on any atom is -0.298 e. The molecule has 0 radical (unpaired) electrons. The lowest BCUT2D eigenvalue weighted by Crippen LogP contribution is -1.88. The van der Waals surface area contributed by atoms with Gasteiger partial charge in [0.15, 0.2) is 0 Å². The van der Waals surface area contributed by atoms with Gasteiger partial charge in [0, 0.05) is 11.8 Å². The first-order valence-corrected chi connectivity index (χ1v) is 3.93. The normalized spacial score (nSPS) is 10.7. The maximum atomic E-state index is 13.1. The van der Waals surface area contributed by atoms with Gasteiger partial charge in [-0.1, -0.05) is 0 Å². The molecule has 0 spiro atoms. The van der Waals surface area contributed by atoms with Crippen LogP contribution in [0.25, 0.3) is 0 Å². The third-order valence-corrected chi connectivity index (χ3v) is 1.73. The van der Waals surface area contributed by atoms with E-state index < -0.39 is 5.82 Å². The predicted molar refractivity (Wildman–Crippen MR) is 50.4 cm³/mol. The number of carbonyl (C=O) groups is 1. The highest BCUT2D eigenvalue weighted by Crippen LogP contribution is 2.21. The van der Waals surface area contributed by atoms with E-state index in [9.17, 15) is 9.18 Å². The molecule has 0 bridgehead atoms. The molecule has 0 unspecified atom stereocenters. The fourth-order valence-corrected chi connectivity index (χ4v) is 1.05. The number of aryl methyl sites for hydroxylation is 1. The first-order valence-electron chi connectivity index (χ1n) is 3.93. The van der Waals surface area contributed by atoms with Crippen molar-refractivity contribution in [3.63, 3.8) is 0 Å². The maximum Gasteiger partial charge on any atom is 0.150 e. The highest BCUT2D eigenvalue weighted by Gasteiger charge is 2.04. The number of aliphatic imine (C=N–C) groups is 1. The van der Waals surface area contributed by atoms with E-state index in [1.54, 1.807) is 19.9 Å². The molecule has 0 heterocycles. The molecule has 2 nitrogen and oxygen atoms in total. The van der Waals surface area contributed by atoms with Crippen molar-refractivity contribution in [1.29, 1.82) is 0 Å². The molecule has 0 aliphatic heterocycles. The van der Waals surface area contributed by atoms with Gasteiger partial charge in [0.05, 0.1) is 5.69 Å². The molecule has 0 aromatic heterocycles. The van der Waals surface area contributed by atoms with Crippen LogP contribution in [0.15, 0.2) is 17.1 Å². The number of nitrogens with zero attached hydrogens (tertiary/aromatic N) is 1. The Morgan fingerprint density at radius 2 is 2.15 bits per heavy atom. The fraction of sp³-hybridized carbons (Fsp3) is 0.200. The van der Waals surface area contributed by atoms with E-state index in [4.69, 9.17) is 0 Å². The van der Waals surface area contributed by atoms with E-state index in [1.807, 2.05) is 0 Å². The zero-order chi connectivity index (χ0) is 9.84. The summed E-state index contributed by atoms with van der Waals surface area (Å²) < 4.78 is 13.1. The number of hydrogen-bond acceptors (Lipinski definition) is 2. The van der Waals surface area contributed by atoms with Crippen molar-refractivity contribution in [2.45, 2.75) is 13.8 Å². The van der Waals surface area contributed by atoms with E-state index in [0.29, 0.717) is 11.8 Å². The Hall–Kier alpha value is -1.51. The van der Waals surface area contributed by atoms with Crippen LogP contribution in [-0.2, 0) is 0 Å². The van der Waals surface area contributed by atoms with Crippen molar-refractivity contribution in [2.24, 2.45) is 4.99 Å². The van der Waals surface area contributed by atoms with Gasteiger partial charge in [0.1, 0.15) is 12.1 Å². The van der Waals surface area contributed by atoms with Crippen LogP contribution in [-0.4, -0.2) is 12.5 Å². The summed E-state index contributed by atoms with van der Waals surface area (Å²) in [6, 6.07) is 2.75. The van der Waals surface area contributed by atoms with Crippen LogP contribution < -0.4 is 0 Å². The third-order valence-electron chi connectivity index (χ3n) is 1.73. The van der Waals surface area contributed by atoms with Crippen LogP contribution >= 0.6 is 0 Å². The van der Waals surface area contributed by atoms with Crippen molar-refractivity contribution in [3.05, 3.63) is 29.1 Å². The summed E-state index contributed by atoms with van der Waals surface area (Å²) in [5.41, 5.74) is 1.37. The minimum atomic E-state index is -0.467. The van der Waals surface area contributed by atoms with Crippen LogP contribution in [0, 0.1) is 12.7 Å². The molecule has 0 aliphatic rings. The summed E-state index contributed by atoms with van der Waals surface area (Å²) in [5, 5.41) is 0. The van der Waals surface area contributed by atoms with Gasteiger partial charge in [-0.15, -0.1) is 0 Å². The molecule has 0 aliphatic carbocycles. The van der Waals surface area contributed by atoms with Gasteiger partial charge in [0.25, 0.3) is 0 Å². The standard InChI is InChI=1S/C10H10FNO/c1-3-12-10-4-7(2)8(6-13)5-9(10)11/h3-6H,1-2H3/b12-3+. The second kappa shape index (κ2) is 3.94. The van der Waals surface area contributed by atoms with E-state index in [2.05, 4.69) is 4.99 Å². The van der Waals surface area contributed by atoms with E-state index in [1.165, 1.54) is 12.3 Å². The largest absolute Gasteiger partial charge is 0.298 e. The van der Waals surface area contributed by atoms with Crippen molar-refractivity contribution < 1.29 is 9.18 Å². The Morgan fingerprint density at radius 1 is 1.46 bits per heavy atom. The molecule has 1 aromatic carbocycles. The molecular weight excluding hydrogens is 169 g/mol. The second-order valence-corrected chi connectivity index (χ2v) is 2.67. The van der Waals surface area contributed by atoms with Crippen LogP contribution in [0.2, 0.25) is 0 Å². The van der Waals surface area contributed by atoms with E-state index in [0.717, 1.165) is 5.56 Å². The second-order valence-electron chi connectivity index (χ2n) is 2.67. The first-order chi connectivity index (χ1) is 6.19. The van der Waals surface area contributed by atoms with Crippen LogP contribution in [0.3, 0.4) is 0 Å². The molecule has 0 atom stereocenters. The predicted octanol–water partition coefficient (Wildman–Crippen LogP) is 2.67. The number of aldehydes is 1. The number of carbonyl (C=O) groups excluding carboxylic acids is 1. The Morgan fingerprint density at radius 3 is 2.69 bits per heavy atom. The monoisotopic (exact) mass is 179 g/mol. The summed E-state index contributed by atoms with van der Waals surface area (Å²) in [5.74, 6) is -0.467. The topological polar surface area (TPSA) is 29.4 Å². The van der Waals surface area contributed by atoms with Crippen LogP contribution in [0.4, 0.5) is 10.1 Å².